The van der Waals surface area contributed by atoms with Crippen molar-refractivity contribution in [2.75, 3.05) is 0 Å². The fraction of sp³-hybridized carbons (Fsp3) is 0.400. The standard InChI is InChI=1S/C25H29N5O/c1-16-22(4-3-9-27-16)20-12-17(15-30-11-10-29(2)25(30)26)13-21(14-20)24(31)28-23(18-5-6-18)19-7-8-19/h3-4,9-14,18-19,23,26H,5-8,15H2,1-2H3,(H,28,31). The van der Waals surface area contributed by atoms with E-state index in [0.29, 0.717) is 35.6 Å². The lowest BCUT2D eigenvalue weighted by Crippen LogP contribution is -2.38. The summed E-state index contributed by atoms with van der Waals surface area (Å²) in [5.41, 5.74) is 5.08. The average Bonchev–Trinajstić information content (AvgIpc) is 3.68. The first-order valence-electron chi connectivity index (χ1n) is 11.1. The number of aryl methyl sites for hydroxylation is 2. The Morgan fingerprint density at radius 2 is 1.94 bits per heavy atom. The molecule has 0 spiro atoms. The van der Waals surface area contributed by atoms with Crippen LogP contribution in [0.4, 0.5) is 0 Å². The van der Waals surface area contributed by atoms with E-state index in [1.807, 2.05) is 55.2 Å². The molecule has 1 amide bonds. The van der Waals surface area contributed by atoms with Gasteiger partial charge in [-0.2, -0.15) is 0 Å². The molecule has 2 saturated carbocycles. The first kappa shape index (κ1) is 19.8. The Hall–Kier alpha value is -3.15. The van der Waals surface area contributed by atoms with Crippen molar-refractivity contribution in [3.8, 4) is 11.1 Å². The Kier molecular flexibility index (Phi) is 5.00. The third kappa shape index (κ3) is 4.20. The second kappa shape index (κ2) is 7.84. The minimum atomic E-state index is 0.0117. The molecule has 0 saturated heterocycles. The van der Waals surface area contributed by atoms with Gasteiger partial charge >= 0.3 is 0 Å². The van der Waals surface area contributed by atoms with E-state index < -0.39 is 0 Å². The van der Waals surface area contributed by atoms with Crippen LogP contribution in [0, 0.1) is 24.2 Å². The number of aromatic nitrogens is 3. The number of imidazole rings is 1. The fourth-order valence-electron chi connectivity index (χ4n) is 4.47. The predicted molar refractivity (Wildman–Crippen MR) is 119 cm³/mol. The van der Waals surface area contributed by atoms with Gasteiger partial charge in [-0.1, -0.05) is 6.07 Å². The van der Waals surface area contributed by atoms with Crippen LogP contribution in [0.3, 0.4) is 0 Å². The van der Waals surface area contributed by atoms with Crippen molar-refractivity contribution in [2.24, 2.45) is 18.9 Å². The molecule has 2 aliphatic carbocycles. The number of amides is 1. The third-order valence-electron chi connectivity index (χ3n) is 6.56. The zero-order valence-corrected chi connectivity index (χ0v) is 18.1. The van der Waals surface area contributed by atoms with Crippen LogP contribution in [0.2, 0.25) is 0 Å². The van der Waals surface area contributed by atoms with Gasteiger partial charge in [-0.15, -0.1) is 0 Å². The van der Waals surface area contributed by atoms with Crippen LogP contribution in [0.1, 0.15) is 47.3 Å². The quantitative estimate of drug-likeness (QED) is 0.618. The van der Waals surface area contributed by atoms with E-state index in [1.54, 1.807) is 10.8 Å². The van der Waals surface area contributed by atoms with E-state index >= 15 is 0 Å². The average molecular weight is 416 g/mol. The Labute approximate surface area is 182 Å². The molecule has 0 unspecified atom stereocenters. The maximum atomic E-state index is 13.3. The lowest BCUT2D eigenvalue weighted by atomic mass is 9.98. The van der Waals surface area contributed by atoms with E-state index in [1.165, 1.54) is 25.7 Å². The van der Waals surface area contributed by atoms with E-state index in [-0.39, 0.29) is 5.91 Å². The van der Waals surface area contributed by atoms with E-state index in [4.69, 9.17) is 5.41 Å². The number of nitrogens with zero attached hydrogens (tertiary/aromatic N) is 3. The third-order valence-corrected chi connectivity index (χ3v) is 6.56. The van der Waals surface area contributed by atoms with Crippen molar-refractivity contribution in [1.82, 2.24) is 19.4 Å². The number of hydrogen-bond acceptors (Lipinski definition) is 3. The molecular weight excluding hydrogens is 386 g/mol. The van der Waals surface area contributed by atoms with Crippen LogP contribution in [0.15, 0.2) is 48.9 Å². The summed E-state index contributed by atoms with van der Waals surface area (Å²) < 4.78 is 3.66. The molecule has 5 rings (SSSR count). The number of carbonyl (C=O) groups is 1. The highest BCUT2D eigenvalue weighted by molar-refractivity contribution is 5.96. The molecule has 160 valence electrons. The van der Waals surface area contributed by atoms with Crippen molar-refractivity contribution in [2.45, 2.75) is 45.2 Å². The molecule has 1 aromatic carbocycles. The van der Waals surface area contributed by atoms with Gasteiger partial charge in [0.15, 0.2) is 0 Å². The Morgan fingerprint density at radius 1 is 1.19 bits per heavy atom. The lowest BCUT2D eigenvalue weighted by molar-refractivity contribution is 0.0926. The van der Waals surface area contributed by atoms with Gasteiger partial charge in [0, 0.05) is 48.5 Å². The number of carbonyl (C=O) groups excluding carboxylic acids is 1. The molecule has 0 radical (unpaired) electrons. The van der Waals surface area contributed by atoms with Gasteiger partial charge in [0.25, 0.3) is 5.91 Å². The van der Waals surface area contributed by atoms with E-state index in [9.17, 15) is 4.79 Å². The smallest absolute Gasteiger partial charge is 0.251 e. The van der Waals surface area contributed by atoms with Crippen LogP contribution < -0.4 is 10.9 Å². The lowest BCUT2D eigenvalue weighted by Gasteiger charge is -2.19. The highest BCUT2D eigenvalue weighted by Crippen LogP contribution is 2.44. The largest absolute Gasteiger partial charge is 0.349 e. The zero-order chi connectivity index (χ0) is 21.5. The highest BCUT2D eigenvalue weighted by atomic mass is 16.1. The van der Waals surface area contributed by atoms with Gasteiger partial charge in [0.05, 0.1) is 6.54 Å². The molecule has 31 heavy (non-hydrogen) atoms. The molecule has 2 aromatic heterocycles. The number of nitrogens with one attached hydrogen (secondary N) is 2. The molecule has 0 bridgehead atoms. The highest BCUT2D eigenvalue weighted by Gasteiger charge is 2.42. The maximum absolute atomic E-state index is 13.3. The molecule has 3 aromatic rings. The summed E-state index contributed by atoms with van der Waals surface area (Å²) in [5.74, 6) is 1.33. The van der Waals surface area contributed by atoms with Gasteiger partial charge in [-0.05, 0) is 79.8 Å². The summed E-state index contributed by atoms with van der Waals surface area (Å²) in [7, 11) is 1.86. The molecule has 2 fully saturated rings. The Bertz CT molecular complexity index is 1170. The summed E-state index contributed by atoms with van der Waals surface area (Å²) in [4.78, 5) is 17.7. The van der Waals surface area contributed by atoms with E-state index in [2.05, 4.69) is 16.4 Å². The van der Waals surface area contributed by atoms with Gasteiger partial charge in [-0.3, -0.25) is 15.2 Å². The SMILES string of the molecule is Cc1ncccc1-c1cc(Cn2ccn(C)c2=N)cc(C(=O)NC(C2CC2)C2CC2)c1. The summed E-state index contributed by atoms with van der Waals surface area (Å²) in [5, 5.41) is 11.6. The van der Waals surface area contributed by atoms with Gasteiger partial charge in [-0.25, -0.2) is 0 Å². The van der Waals surface area contributed by atoms with Crippen molar-refractivity contribution >= 4 is 5.91 Å². The predicted octanol–water partition coefficient (Wildman–Crippen LogP) is 3.64. The topological polar surface area (TPSA) is 75.7 Å². The van der Waals surface area contributed by atoms with Crippen LogP contribution >= 0.6 is 0 Å². The van der Waals surface area contributed by atoms with Gasteiger partial charge in [0.1, 0.15) is 0 Å². The van der Waals surface area contributed by atoms with E-state index in [0.717, 1.165) is 22.4 Å². The molecule has 6 heteroatoms. The van der Waals surface area contributed by atoms with Crippen LogP contribution in [0.25, 0.3) is 11.1 Å². The summed E-state index contributed by atoms with van der Waals surface area (Å²) in [6.45, 7) is 2.54. The zero-order valence-electron chi connectivity index (χ0n) is 18.1. The molecule has 2 heterocycles. The Morgan fingerprint density at radius 3 is 2.55 bits per heavy atom. The minimum absolute atomic E-state index is 0.0117. The second-order valence-corrected chi connectivity index (χ2v) is 9.09. The van der Waals surface area contributed by atoms with Crippen LogP contribution in [-0.2, 0) is 13.6 Å². The van der Waals surface area contributed by atoms with Crippen molar-refractivity contribution in [3.63, 3.8) is 0 Å². The summed E-state index contributed by atoms with van der Waals surface area (Å²) >= 11 is 0. The summed E-state index contributed by atoms with van der Waals surface area (Å²) in [6, 6.07) is 10.4. The van der Waals surface area contributed by atoms with Crippen LogP contribution in [-0.4, -0.2) is 26.1 Å². The van der Waals surface area contributed by atoms with Crippen molar-refractivity contribution < 1.29 is 4.79 Å². The first-order valence-corrected chi connectivity index (χ1v) is 11.1. The number of benzene rings is 1. The molecule has 0 atom stereocenters. The van der Waals surface area contributed by atoms with Gasteiger partial charge in [0.2, 0.25) is 5.62 Å². The molecular formula is C25H29N5O. The number of pyridine rings is 1. The maximum Gasteiger partial charge on any atom is 0.251 e. The number of rotatable bonds is 7. The summed E-state index contributed by atoms with van der Waals surface area (Å²) in [6.07, 6.45) is 10.5. The molecule has 2 N–H and O–H groups in total. The van der Waals surface area contributed by atoms with Crippen molar-refractivity contribution in [1.29, 1.82) is 5.41 Å². The van der Waals surface area contributed by atoms with Crippen LogP contribution in [0.5, 0.6) is 0 Å². The minimum Gasteiger partial charge on any atom is -0.349 e. The normalized spacial score (nSPS) is 16.0. The van der Waals surface area contributed by atoms with Crippen molar-refractivity contribution in [3.05, 3.63) is 71.4 Å². The molecule has 0 aliphatic heterocycles. The fourth-order valence-corrected chi connectivity index (χ4v) is 4.47. The van der Waals surface area contributed by atoms with Gasteiger partial charge < -0.3 is 14.5 Å². The second-order valence-electron chi connectivity index (χ2n) is 9.09. The molecule has 6 nitrogen and oxygen atoms in total. The Balaban J connectivity index is 1.50. The number of hydrogen-bond donors (Lipinski definition) is 2. The monoisotopic (exact) mass is 415 g/mol. The molecule has 2 aliphatic rings. The first-order chi connectivity index (χ1) is 15.0.